The molecule has 1 N–H and O–H groups in total. The summed E-state index contributed by atoms with van der Waals surface area (Å²) in [6.45, 7) is 5.88. The normalized spacial score (nSPS) is 21.1. The van der Waals surface area contributed by atoms with Gasteiger partial charge in [0.2, 0.25) is 0 Å². The number of likely N-dealkylation sites (tertiary alicyclic amines) is 1. The van der Waals surface area contributed by atoms with Gasteiger partial charge in [0.1, 0.15) is 4.21 Å². The summed E-state index contributed by atoms with van der Waals surface area (Å²) in [5, 5.41) is 1.72. The third-order valence-electron chi connectivity index (χ3n) is 4.30. The van der Waals surface area contributed by atoms with E-state index < -0.39 is 10.0 Å². The zero-order valence-electron chi connectivity index (χ0n) is 14.3. The van der Waals surface area contributed by atoms with Crippen LogP contribution in [0.1, 0.15) is 30.6 Å². The highest BCUT2D eigenvalue weighted by atomic mass is 32.2. The van der Waals surface area contributed by atoms with Gasteiger partial charge in [-0.25, -0.2) is 8.42 Å². The van der Waals surface area contributed by atoms with Gasteiger partial charge in [0.15, 0.2) is 0 Å². The summed E-state index contributed by atoms with van der Waals surface area (Å²) in [5.74, 6) is 1.01. The Labute approximate surface area is 152 Å². The summed E-state index contributed by atoms with van der Waals surface area (Å²) < 4.78 is 27.3. The van der Waals surface area contributed by atoms with Crippen molar-refractivity contribution in [3.8, 4) is 0 Å². The van der Waals surface area contributed by atoms with Crippen LogP contribution in [0.25, 0.3) is 0 Å². The first-order valence-corrected chi connectivity index (χ1v) is 10.7. The molecule has 1 fully saturated rings. The average molecular weight is 379 g/mol. The lowest BCUT2D eigenvalue weighted by atomic mass is 9.91. The van der Waals surface area contributed by atoms with E-state index in [1.54, 1.807) is 41.8 Å². The van der Waals surface area contributed by atoms with Crippen molar-refractivity contribution in [2.24, 2.45) is 11.8 Å². The Balaban J connectivity index is 1.71. The fraction of sp³-hybridized carbons (Fsp3) is 0.389. The molecule has 134 valence electrons. The molecule has 1 aliphatic heterocycles. The molecule has 3 rings (SSSR count). The van der Waals surface area contributed by atoms with Crippen molar-refractivity contribution in [1.82, 2.24) is 4.90 Å². The first-order valence-electron chi connectivity index (χ1n) is 8.31. The van der Waals surface area contributed by atoms with Gasteiger partial charge in [0, 0.05) is 24.3 Å². The first kappa shape index (κ1) is 17.9. The monoisotopic (exact) mass is 378 g/mol. The molecule has 7 heteroatoms. The number of hydrogen-bond acceptors (Lipinski definition) is 4. The van der Waals surface area contributed by atoms with E-state index in [2.05, 4.69) is 18.6 Å². The first-order chi connectivity index (χ1) is 11.8. The number of amides is 1. The van der Waals surface area contributed by atoms with E-state index in [0.717, 1.165) is 19.5 Å². The van der Waals surface area contributed by atoms with E-state index in [1.807, 2.05) is 4.90 Å². The maximum atomic E-state index is 12.7. The minimum Gasteiger partial charge on any atom is -0.338 e. The molecule has 2 aromatic rings. The number of rotatable bonds is 4. The Hall–Kier alpha value is -1.86. The lowest BCUT2D eigenvalue weighted by molar-refractivity contribution is 0.0623. The van der Waals surface area contributed by atoms with E-state index in [0.29, 0.717) is 23.1 Å². The lowest BCUT2D eigenvalue weighted by Gasteiger charge is -2.35. The highest BCUT2D eigenvalue weighted by molar-refractivity contribution is 7.94. The number of thiophene rings is 1. The number of piperidine rings is 1. The van der Waals surface area contributed by atoms with Gasteiger partial charge in [-0.1, -0.05) is 19.9 Å². The highest BCUT2D eigenvalue weighted by Crippen LogP contribution is 2.24. The molecule has 0 radical (unpaired) electrons. The number of benzene rings is 1. The maximum absolute atomic E-state index is 12.7. The highest BCUT2D eigenvalue weighted by Gasteiger charge is 2.26. The van der Waals surface area contributed by atoms with E-state index in [1.165, 1.54) is 11.3 Å². The number of hydrogen-bond donors (Lipinski definition) is 1. The van der Waals surface area contributed by atoms with E-state index in [-0.39, 0.29) is 10.1 Å². The molecule has 2 heterocycles. The number of nitrogens with zero attached hydrogens (tertiary/aromatic N) is 1. The lowest BCUT2D eigenvalue weighted by Crippen LogP contribution is -2.42. The average Bonchev–Trinajstić information content (AvgIpc) is 3.09. The molecule has 1 saturated heterocycles. The molecule has 1 aromatic heterocycles. The van der Waals surface area contributed by atoms with Gasteiger partial charge < -0.3 is 4.90 Å². The van der Waals surface area contributed by atoms with Crippen LogP contribution in [0.3, 0.4) is 0 Å². The van der Waals surface area contributed by atoms with Gasteiger partial charge in [0.05, 0.1) is 0 Å². The van der Waals surface area contributed by atoms with Gasteiger partial charge in [-0.05, 0) is 54.0 Å². The molecule has 2 atom stereocenters. The number of sulfonamides is 1. The maximum Gasteiger partial charge on any atom is 0.271 e. The number of nitrogens with one attached hydrogen (secondary N) is 1. The van der Waals surface area contributed by atoms with Crippen molar-refractivity contribution < 1.29 is 13.2 Å². The van der Waals surface area contributed by atoms with Crippen LogP contribution in [-0.2, 0) is 10.0 Å². The van der Waals surface area contributed by atoms with Gasteiger partial charge in [-0.2, -0.15) is 0 Å². The van der Waals surface area contributed by atoms with Crippen LogP contribution in [-0.4, -0.2) is 32.3 Å². The fourth-order valence-electron chi connectivity index (χ4n) is 3.31. The minimum absolute atomic E-state index is 0.00561. The molecular formula is C18H22N2O3S2. The van der Waals surface area contributed by atoms with Crippen molar-refractivity contribution in [3.63, 3.8) is 0 Å². The van der Waals surface area contributed by atoms with Crippen LogP contribution >= 0.6 is 11.3 Å². The molecule has 25 heavy (non-hydrogen) atoms. The Morgan fingerprint density at radius 2 is 1.76 bits per heavy atom. The molecule has 1 amide bonds. The van der Waals surface area contributed by atoms with Crippen molar-refractivity contribution in [2.75, 3.05) is 17.8 Å². The summed E-state index contributed by atoms with van der Waals surface area (Å²) in [6, 6.07) is 9.88. The summed E-state index contributed by atoms with van der Waals surface area (Å²) in [5.41, 5.74) is 1.03. The predicted octanol–water partition coefficient (Wildman–Crippen LogP) is 3.67. The number of anilines is 1. The van der Waals surface area contributed by atoms with E-state index >= 15 is 0 Å². The summed E-state index contributed by atoms with van der Waals surface area (Å²) in [4.78, 5) is 14.6. The topological polar surface area (TPSA) is 66.5 Å². The van der Waals surface area contributed by atoms with E-state index in [4.69, 9.17) is 0 Å². The molecule has 1 aromatic carbocycles. The second-order valence-corrected chi connectivity index (χ2v) is 9.63. The SMILES string of the molecule is C[C@H]1C[C@H](C)CN(C(=O)c2ccc(NS(=O)(=O)c3cccs3)cc2)C1. The number of carbonyl (C=O) groups excluding carboxylic acids is 1. The largest absolute Gasteiger partial charge is 0.338 e. The zero-order valence-corrected chi connectivity index (χ0v) is 15.9. The molecule has 0 spiro atoms. The fourth-order valence-corrected chi connectivity index (χ4v) is 5.37. The minimum atomic E-state index is -3.56. The Morgan fingerprint density at radius 3 is 2.32 bits per heavy atom. The smallest absolute Gasteiger partial charge is 0.271 e. The van der Waals surface area contributed by atoms with E-state index in [9.17, 15) is 13.2 Å². The van der Waals surface area contributed by atoms with Gasteiger partial charge in [-0.15, -0.1) is 11.3 Å². The molecule has 0 bridgehead atoms. The summed E-state index contributed by atoms with van der Waals surface area (Å²) in [6.07, 6.45) is 1.15. The van der Waals surface area contributed by atoms with Gasteiger partial charge in [-0.3, -0.25) is 9.52 Å². The second-order valence-electron chi connectivity index (χ2n) is 6.77. The molecule has 5 nitrogen and oxygen atoms in total. The zero-order chi connectivity index (χ0) is 18.0. The van der Waals surface area contributed by atoms with Crippen molar-refractivity contribution in [1.29, 1.82) is 0 Å². The standard InChI is InChI=1S/C18H22N2O3S2/c1-13-10-14(2)12-20(11-13)18(21)15-5-7-16(8-6-15)19-25(22,23)17-4-3-9-24-17/h3-9,13-14,19H,10-12H2,1-2H3/t13-,14-/m0/s1. The third-order valence-corrected chi connectivity index (χ3v) is 7.08. The summed E-state index contributed by atoms with van der Waals surface area (Å²) >= 11 is 1.17. The Morgan fingerprint density at radius 1 is 1.12 bits per heavy atom. The Kier molecular flexibility index (Phi) is 5.15. The molecule has 0 saturated carbocycles. The van der Waals surface area contributed by atoms with Gasteiger partial charge >= 0.3 is 0 Å². The predicted molar refractivity (Wildman–Crippen MR) is 100 cm³/mol. The van der Waals surface area contributed by atoms with Crippen LogP contribution in [0, 0.1) is 11.8 Å². The van der Waals surface area contributed by atoms with Crippen molar-refractivity contribution >= 4 is 33.0 Å². The van der Waals surface area contributed by atoms with Crippen LogP contribution in [0.4, 0.5) is 5.69 Å². The summed E-state index contributed by atoms with van der Waals surface area (Å²) in [7, 11) is -3.56. The quantitative estimate of drug-likeness (QED) is 0.883. The molecule has 0 unspecified atom stereocenters. The second kappa shape index (κ2) is 7.17. The van der Waals surface area contributed by atoms with Crippen LogP contribution in [0.5, 0.6) is 0 Å². The van der Waals surface area contributed by atoms with Crippen LogP contribution < -0.4 is 4.72 Å². The third kappa shape index (κ3) is 4.22. The number of carbonyl (C=O) groups is 1. The molecular weight excluding hydrogens is 356 g/mol. The molecule has 0 aliphatic carbocycles. The Bertz CT molecular complexity index is 820. The van der Waals surface area contributed by atoms with Crippen molar-refractivity contribution in [3.05, 3.63) is 47.3 Å². The van der Waals surface area contributed by atoms with Crippen molar-refractivity contribution in [2.45, 2.75) is 24.5 Å². The molecule has 1 aliphatic rings. The van der Waals surface area contributed by atoms with Gasteiger partial charge in [0.25, 0.3) is 15.9 Å². The van der Waals surface area contributed by atoms with Crippen LogP contribution in [0.15, 0.2) is 46.0 Å². The van der Waals surface area contributed by atoms with Crippen LogP contribution in [0.2, 0.25) is 0 Å².